The monoisotopic (exact) mass is 266 g/mol. The lowest BCUT2D eigenvalue weighted by Gasteiger charge is -2.51. The summed E-state index contributed by atoms with van der Waals surface area (Å²) in [4.78, 5) is 2.76. The Balaban J connectivity index is 1.55. The van der Waals surface area contributed by atoms with Crippen molar-refractivity contribution in [1.82, 2.24) is 10.2 Å². The lowest BCUT2D eigenvalue weighted by Crippen LogP contribution is -2.56. The molecule has 0 aromatic heterocycles. The molecule has 2 saturated heterocycles. The Kier molecular flexibility index (Phi) is 4.16. The van der Waals surface area contributed by atoms with Crippen LogP contribution in [0.4, 0.5) is 0 Å². The second-order valence-corrected chi connectivity index (χ2v) is 6.96. The van der Waals surface area contributed by atoms with Crippen molar-refractivity contribution in [2.75, 3.05) is 26.2 Å². The maximum atomic E-state index is 6.07. The summed E-state index contributed by atoms with van der Waals surface area (Å²) in [6.07, 6.45) is 7.87. The first kappa shape index (κ1) is 13.8. The number of rotatable bonds is 3. The van der Waals surface area contributed by atoms with Gasteiger partial charge in [0.15, 0.2) is 0 Å². The van der Waals surface area contributed by atoms with Crippen molar-refractivity contribution in [3.63, 3.8) is 0 Å². The lowest BCUT2D eigenvalue weighted by atomic mass is 9.73. The summed E-state index contributed by atoms with van der Waals surface area (Å²) in [6.45, 7) is 9.29. The molecule has 3 fully saturated rings. The highest BCUT2D eigenvalue weighted by Gasteiger charge is 2.44. The van der Waals surface area contributed by atoms with Gasteiger partial charge < -0.3 is 10.1 Å². The van der Waals surface area contributed by atoms with Crippen molar-refractivity contribution >= 4 is 0 Å². The van der Waals surface area contributed by atoms with Gasteiger partial charge in [0.25, 0.3) is 0 Å². The summed E-state index contributed by atoms with van der Waals surface area (Å²) in [5, 5.41) is 3.64. The summed E-state index contributed by atoms with van der Waals surface area (Å²) >= 11 is 0. The molecule has 3 nitrogen and oxygen atoms in total. The third-order valence-corrected chi connectivity index (χ3v) is 5.65. The van der Waals surface area contributed by atoms with Crippen LogP contribution in [0.3, 0.4) is 0 Å². The van der Waals surface area contributed by atoms with Crippen LogP contribution in [0.15, 0.2) is 0 Å². The first-order chi connectivity index (χ1) is 9.22. The van der Waals surface area contributed by atoms with E-state index in [0.717, 1.165) is 31.2 Å². The summed E-state index contributed by atoms with van der Waals surface area (Å²) in [5.41, 5.74) is 0.296. The maximum Gasteiger partial charge on any atom is 0.0697 e. The summed E-state index contributed by atoms with van der Waals surface area (Å²) in [6, 6.07) is 1.53. The SMILES string of the molecule is CCNC1CCN(C2CCOC3(CCC3)C2)CC1C. The van der Waals surface area contributed by atoms with Crippen LogP contribution >= 0.6 is 0 Å². The molecule has 0 radical (unpaired) electrons. The molecule has 0 aromatic carbocycles. The molecule has 3 heteroatoms. The van der Waals surface area contributed by atoms with E-state index in [2.05, 4.69) is 24.1 Å². The van der Waals surface area contributed by atoms with Gasteiger partial charge in [0.1, 0.15) is 0 Å². The number of hydrogen-bond donors (Lipinski definition) is 1. The van der Waals surface area contributed by atoms with Crippen molar-refractivity contribution in [3.8, 4) is 0 Å². The summed E-state index contributed by atoms with van der Waals surface area (Å²) < 4.78 is 6.07. The molecule has 2 heterocycles. The third kappa shape index (κ3) is 2.84. The standard InChI is InChI=1S/C16H30N2O/c1-3-17-15-5-9-18(12-13(15)2)14-6-10-19-16(11-14)7-4-8-16/h13-15,17H,3-12H2,1-2H3. The topological polar surface area (TPSA) is 24.5 Å². The van der Waals surface area contributed by atoms with Crippen molar-refractivity contribution < 1.29 is 4.74 Å². The molecule has 0 amide bonds. The zero-order chi connectivity index (χ0) is 13.3. The predicted octanol–water partition coefficient (Wildman–Crippen LogP) is 2.41. The molecule has 19 heavy (non-hydrogen) atoms. The lowest BCUT2D eigenvalue weighted by molar-refractivity contribution is -0.151. The van der Waals surface area contributed by atoms with Gasteiger partial charge in [-0.25, -0.2) is 0 Å². The first-order valence-corrected chi connectivity index (χ1v) is 8.34. The van der Waals surface area contributed by atoms with Gasteiger partial charge in [-0.15, -0.1) is 0 Å². The summed E-state index contributed by atoms with van der Waals surface area (Å²) in [5.74, 6) is 0.786. The second-order valence-electron chi connectivity index (χ2n) is 6.96. The van der Waals surface area contributed by atoms with E-state index in [1.807, 2.05) is 0 Å². The van der Waals surface area contributed by atoms with E-state index in [-0.39, 0.29) is 0 Å². The Bertz CT molecular complexity index is 303. The minimum atomic E-state index is 0.296. The van der Waals surface area contributed by atoms with Gasteiger partial charge in [0.2, 0.25) is 0 Å². The fraction of sp³-hybridized carbons (Fsp3) is 1.00. The number of hydrogen-bond acceptors (Lipinski definition) is 3. The van der Waals surface area contributed by atoms with Gasteiger partial charge in [0, 0.05) is 25.2 Å². The van der Waals surface area contributed by atoms with E-state index in [1.165, 1.54) is 51.6 Å². The van der Waals surface area contributed by atoms with Crippen LogP contribution in [-0.2, 0) is 4.74 Å². The fourth-order valence-corrected chi connectivity index (χ4v) is 4.31. The molecule has 1 N–H and O–H groups in total. The molecular formula is C16H30N2O. The Hall–Kier alpha value is -0.120. The van der Waals surface area contributed by atoms with E-state index < -0.39 is 0 Å². The Morgan fingerprint density at radius 2 is 2.16 bits per heavy atom. The number of ether oxygens (including phenoxy) is 1. The van der Waals surface area contributed by atoms with Gasteiger partial charge >= 0.3 is 0 Å². The average molecular weight is 266 g/mol. The normalized spacial score (nSPS) is 39.2. The molecule has 2 aliphatic heterocycles. The van der Waals surface area contributed by atoms with Crippen LogP contribution in [0.2, 0.25) is 0 Å². The van der Waals surface area contributed by atoms with Crippen LogP contribution in [0.25, 0.3) is 0 Å². The van der Waals surface area contributed by atoms with Gasteiger partial charge in [-0.05, 0) is 57.5 Å². The minimum Gasteiger partial charge on any atom is -0.375 e. The van der Waals surface area contributed by atoms with Crippen LogP contribution in [0.5, 0.6) is 0 Å². The second kappa shape index (κ2) is 5.71. The average Bonchev–Trinajstić information content (AvgIpc) is 2.40. The van der Waals surface area contributed by atoms with E-state index in [0.29, 0.717) is 5.60 Å². The highest BCUT2D eigenvalue weighted by molar-refractivity contribution is 4.98. The Morgan fingerprint density at radius 3 is 2.79 bits per heavy atom. The van der Waals surface area contributed by atoms with E-state index >= 15 is 0 Å². The van der Waals surface area contributed by atoms with Gasteiger partial charge in [-0.2, -0.15) is 0 Å². The number of nitrogens with zero attached hydrogens (tertiary/aromatic N) is 1. The first-order valence-electron chi connectivity index (χ1n) is 8.34. The van der Waals surface area contributed by atoms with Crippen molar-refractivity contribution in [2.24, 2.45) is 5.92 Å². The Labute approximate surface area is 118 Å². The predicted molar refractivity (Wildman–Crippen MR) is 78.4 cm³/mol. The smallest absolute Gasteiger partial charge is 0.0697 e. The largest absolute Gasteiger partial charge is 0.375 e. The van der Waals surface area contributed by atoms with Gasteiger partial charge in [0.05, 0.1) is 5.60 Å². The summed E-state index contributed by atoms with van der Waals surface area (Å²) in [7, 11) is 0. The van der Waals surface area contributed by atoms with Crippen molar-refractivity contribution in [3.05, 3.63) is 0 Å². The van der Waals surface area contributed by atoms with Gasteiger partial charge in [-0.3, -0.25) is 4.90 Å². The zero-order valence-electron chi connectivity index (χ0n) is 12.7. The fourth-order valence-electron chi connectivity index (χ4n) is 4.31. The highest BCUT2D eigenvalue weighted by atomic mass is 16.5. The van der Waals surface area contributed by atoms with Crippen molar-refractivity contribution in [1.29, 1.82) is 0 Å². The molecular weight excluding hydrogens is 236 g/mol. The molecule has 110 valence electrons. The molecule has 0 aromatic rings. The van der Waals surface area contributed by atoms with Crippen LogP contribution < -0.4 is 5.32 Å². The van der Waals surface area contributed by atoms with Crippen LogP contribution in [-0.4, -0.2) is 48.8 Å². The number of nitrogens with one attached hydrogen (secondary N) is 1. The molecule has 1 saturated carbocycles. The Morgan fingerprint density at radius 1 is 1.32 bits per heavy atom. The number of likely N-dealkylation sites (tertiary alicyclic amines) is 1. The maximum absolute atomic E-state index is 6.07. The van der Waals surface area contributed by atoms with Crippen LogP contribution in [0.1, 0.15) is 52.4 Å². The molecule has 3 rings (SSSR count). The third-order valence-electron chi connectivity index (χ3n) is 5.65. The van der Waals surface area contributed by atoms with Crippen molar-refractivity contribution in [2.45, 2.75) is 70.1 Å². The molecule has 3 unspecified atom stereocenters. The molecule has 0 bridgehead atoms. The molecule has 3 atom stereocenters. The number of piperidine rings is 1. The quantitative estimate of drug-likeness (QED) is 0.849. The van der Waals surface area contributed by atoms with Crippen LogP contribution in [0, 0.1) is 5.92 Å². The van der Waals surface area contributed by atoms with Gasteiger partial charge in [-0.1, -0.05) is 13.8 Å². The molecule has 3 aliphatic rings. The molecule has 1 aliphatic carbocycles. The molecule has 1 spiro atoms. The highest BCUT2D eigenvalue weighted by Crippen LogP contribution is 2.43. The minimum absolute atomic E-state index is 0.296. The van der Waals surface area contributed by atoms with E-state index in [4.69, 9.17) is 4.74 Å². The van der Waals surface area contributed by atoms with E-state index in [1.54, 1.807) is 0 Å². The van der Waals surface area contributed by atoms with E-state index in [9.17, 15) is 0 Å². The zero-order valence-corrected chi connectivity index (χ0v) is 12.7.